The molecule has 8 heteroatoms. The molecule has 0 aliphatic carbocycles. The van der Waals surface area contributed by atoms with Gasteiger partial charge in [0.2, 0.25) is 5.88 Å². The third kappa shape index (κ3) is 3.91. The standard InChI is InChI=1S/C23H17ClN4O3/c1-14-7-6-12-20(26-14)28-22(30)16-9-3-2-8-15(16)18(23(28)31)13-25-27-21(29)17-10-4-5-11-19(17)24/h2-13,31H,1H3,(H,27,29)/b25-13-. The van der Waals surface area contributed by atoms with Crippen molar-refractivity contribution in [2.24, 2.45) is 5.10 Å². The van der Waals surface area contributed by atoms with Crippen LogP contribution in [0.25, 0.3) is 16.6 Å². The van der Waals surface area contributed by atoms with Gasteiger partial charge >= 0.3 is 0 Å². The molecule has 2 aromatic carbocycles. The van der Waals surface area contributed by atoms with Crippen molar-refractivity contribution in [1.29, 1.82) is 0 Å². The van der Waals surface area contributed by atoms with Gasteiger partial charge in [-0.2, -0.15) is 5.10 Å². The molecule has 0 saturated carbocycles. The Hall–Kier alpha value is -3.97. The molecule has 0 radical (unpaired) electrons. The van der Waals surface area contributed by atoms with Gasteiger partial charge in [0.15, 0.2) is 0 Å². The number of aryl methyl sites for hydroxylation is 1. The van der Waals surface area contributed by atoms with E-state index < -0.39 is 11.5 Å². The number of carbonyl (C=O) groups is 1. The summed E-state index contributed by atoms with van der Waals surface area (Å²) in [6.07, 6.45) is 1.29. The van der Waals surface area contributed by atoms with Gasteiger partial charge in [0, 0.05) is 16.5 Å². The molecule has 4 aromatic rings. The highest BCUT2D eigenvalue weighted by molar-refractivity contribution is 6.33. The largest absolute Gasteiger partial charge is 0.494 e. The highest BCUT2D eigenvalue weighted by Gasteiger charge is 2.17. The fourth-order valence-electron chi connectivity index (χ4n) is 3.22. The Morgan fingerprint density at radius 1 is 1.06 bits per heavy atom. The Labute approximate surface area is 182 Å². The zero-order valence-electron chi connectivity index (χ0n) is 16.4. The summed E-state index contributed by atoms with van der Waals surface area (Å²) in [6, 6.07) is 18.6. The number of fused-ring (bicyclic) bond motifs is 1. The van der Waals surface area contributed by atoms with Crippen LogP contribution in [0, 0.1) is 6.92 Å². The van der Waals surface area contributed by atoms with Crippen molar-refractivity contribution < 1.29 is 9.90 Å². The van der Waals surface area contributed by atoms with Gasteiger partial charge in [0.1, 0.15) is 5.82 Å². The number of nitrogens with zero attached hydrogens (tertiary/aromatic N) is 3. The Morgan fingerprint density at radius 2 is 1.77 bits per heavy atom. The molecule has 2 aromatic heterocycles. The van der Waals surface area contributed by atoms with Crippen molar-refractivity contribution in [3.05, 3.63) is 98.9 Å². The van der Waals surface area contributed by atoms with Crippen molar-refractivity contribution in [3.63, 3.8) is 0 Å². The van der Waals surface area contributed by atoms with Gasteiger partial charge < -0.3 is 5.11 Å². The predicted molar refractivity (Wildman–Crippen MR) is 120 cm³/mol. The molecule has 31 heavy (non-hydrogen) atoms. The minimum Gasteiger partial charge on any atom is -0.494 e. The average molecular weight is 433 g/mol. The van der Waals surface area contributed by atoms with Crippen LogP contribution in [0.4, 0.5) is 0 Å². The average Bonchev–Trinajstić information content (AvgIpc) is 2.76. The molecule has 0 unspecified atom stereocenters. The second-order valence-electron chi connectivity index (χ2n) is 6.74. The van der Waals surface area contributed by atoms with E-state index in [2.05, 4.69) is 15.5 Å². The Kier molecular flexibility index (Phi) is 5.51. The van der Waals surface area contributed by atoms with Crippen molar-refractivity contribution in [1.82, 2.24) is 15.0 Å². The summed E-state index contributed by atoms with van der Waals surface area (Å²) in [5.41, 5.74) is 3.21. The van der Waals surface area contributed by atoms with Crippen LogP contribution in [0.2, 0.25) is 5.02 Å². The van der Waals surface area contributed by atoms with Crippen molar-refractivity contribution >= 4 is 34.5 Å². The maximum Gasteiger partial charge on any atom is 0.272 e. The summed E-state index contributed by atoms with van der Waals surface area (Å²) in [4.78, 5) is 29.7. The van der Waals surface area contributed by atoms with E-state index in [1.54, 1.807) is 73.7 Å². The minimum absolute atomic E-state index is 0.262. The molecule has 0 aliphatic rings. The third-order valence-corrected chi connectivity index (χ3v) is 5.01. The number of hydrogen-bond acceptors (Lipinski definition) is 5. The molecule has 2 heterocycles. The molecular formula is C23H17ClN4O3. The molecule has 0 aliphatic heterocycles. The van der Waals surface area contributed by atoms with Crippen LogP contribution in [-0.2, 0) is 0 Å². The topological polar surface area (TPSA) is 96.6 Å². The first-order valence-electron chi connectivity index (χ1n) is 9.36. The number of nitrogens with one attached hydrogen (secondary N) is 1. The minimum atomic E-state index is -0.501. The molecule has 0 bridgehead atoms. The number of benzene rings is 2. The van der Waals surface area contributed by atoms with E-state index in [0.29, 0.717) is 21.5 Å². The number of hydrogen-bond donors (Lipinski definition) is 2. The molecule has 2 N–H and O–H groups in total. The van der Waals surface area contributed by atoms with Crippen LogP contribution in [0.15, 0.2) is 76.6 Å². The molecule has 0 spiro atoms. The van der Waals surface area contributed by atoms with Crippen LogP contribution in [0.3, 0.4) is 0 Å². The van der Waals surface area contributed by atoms with E-state index in [1.165, 1.54) is 6.21 Å². The number of pyridine rings is 2. The van der Waals surface area contributed by atoms with Gasteiger partial charge in [0.25, 0.3) is 11.5 Å². The Balaban J connectivity index is 1.80. The number of aromatic hydroxyl groups is 1. The summed E-state index contributed by atoms with van der Waals surface area (Å²) in [5, 5.41) is 16.1. The predicted octanol–water partition coefficient (Wildman–Crippen LogP) is 3.82. The van der Waals surface area contributed by atoms with E-state index in [1.807, 2.05) is 0 Å². The van der Waals surface area contributed by atoms with Crippen LogP contribution >= 0.6 is 11.6 Å². The maximum absolute atomic E-state index is 13.1. The number of hydrazone groups is 1. The summed E-state index contributed by atoms with van der Waals surface area (Å²) in [7, 11) is 0. The van der Waals surface area contributed by atoms with Gasteiger partial charge in [-0.3, -0.25) is 9.59 Å². The smallest absolute Gasteiger partial charge is 0.272 e. The number of aromatic nitrogens is 2. The van der Waals surface area contributed by atoms with Crippen LogP contribution in [0.1, 0.15) is 21.6 Å². The van der Waals surface area contributed by atoms with Crippen molar-refractivity contribution in [3.8, 4) is 11.7 Å². The quantitative estimate of drug-likeness (QED) is 0.378. The monoisotopic (exact) mass is 432 g/mol. The molecule has 0 atom stereocenters. The first-order valence-corrected chi connectivity index (χ1v) is 9.74. The summed E-state index contributed by atoms with van der Waals surface area (Å²) >= 11 is 6.04. The van der Waals surface area contributed by atoms with Gasteiger partial charge in [-0.1, -0.05) is 48.0 Å². The van der Waals surface area contributed by atoms with Gasteiger partial charge in [-0.05, 0) is 37.3 Å². The number of halogens is 1. The Bertz CT molecular complexity index is 1400. The second kappa shape index (κ2) is 8.41. The lowest BCUT2D eigenvalue weighted by Crippen LogP contribution is -2.22. The summed E-state index contributed by atoms with van der Waals surface area (Å²) in [5.74, 6) is -0.556. The molecular weight excluding hydrogens is 416 g/mol. The highest BCUT2D eigenvalue weighted by atomic mass is 35.5. The lowest BCUT2D eigenvalue weighted by Gasteiger charge is -2.13. The van der Waals surface area contributed by atoms with Crippen molar-refractivity contribution in [2.75, 3.05) is 0 Å². The second-order valence-corrected chi connectivity index (χ2v) is 7.15. The zero-order valence-corrected chi connectivity index (χ0v) is 17.2. The van der Waals surface area contributed by atoms with Crippen LogP contribution < -0.4 is 11.0 Å². The van der Waals surface area contributed by atoms with Gasteiger partial charge in [0.05, 0.1) is 22.4 Å². The lowest BCUT2D eigenvalue weighted by atomic mass is 10.1. The third-order valence-electron chi connectivity index (χ3n) is 4.68. The van der Waals surface area contributed by atoms with Gasteiger partial charge in [-0.15, -0.1) is 0 Å². The SMILES string of the molecule is Cc1cccc(-n2c(O)c(/C=N\NC(=O)c3ccccc3Cl)c3ccccc3c2=O)n1. The first-order chi connectivity index (χ1) is 15.0. The molecule has 154 valence electrons. The van der Waals surface area contributed by atoms with Crippen LogP contribution in [-0.4, -0.2) is 26.8 Å². The molecule has 1 amide bonds. The van der Waals surface area contributed by atoms with E-state index in [9.17, 15) is 14.7 Å². The van der Waals surface area contributed by atoms with E-state index >= 15 is 0 Å². The maximum atomic E-state index is 13.1. The number of amides is 1. The fourth-order valence-corrected chi connectivity index (χ4v) is 3.44. The van der Waals surface area contributed by atoms with Crippen molar-refractivity contribution in [2.45, 2.75) is 6.92 Å². The number of carbonyl (C=O) groups excluding carboxylic acids is 1. The fraction of sp³-hybridized carbons (Fsp3) is 0.0435. The zero-order chi connectivity index (χ0) is 22.0. The molecule has 4 rings (SSSR count). The van der Waals surface area contributed by atoms with E-state index in [0.717, 1.165) is 4.57 Å². The molecule has 0 saturated heterocycles. The Morgan fingerprint density at radius 3 is 2.52 bits per heavy atom. The molecule has 0 fully saturated rings. The highest BCUT2D eigenvalue weighted by Crippen LogP contribution is 2.25. The van der Waals surface area contributed by atoms with Crippen LogP contribution in [0.5, 0.6) is 5.88 Å². The summed E-state index contributed by atoms with van der Waals surface area (Å²) in [6.45, 7) is 1.79. The molecule has 7 nitrogen and oxygen atoms in total. The summed E-state index contributed by atoms with van der Waals surface area (Å²) < 4.78 is 1.12. The van der Waals surface area contributed by atoms with E-state index in [4.69, 9.17) is 11.6 Å². The lowest BCUT2D eigenvalue weighted by molar-refractivity contribution is 0.0955. The first kappa shape index (κ1) is 20.3. The number of rotatable bonds is 4. The van der Waals surface area contributed by atoms with E-state index in [-0.39, 0.29) is 22.8 Å². The van der Waals surface area contributed by atoms with Gasteiger partial charge in [-0.25, -0.2) is 15.0 Å². The normalized spacial score (nSPS) is 11.2.